The van der Waals surface area contributed by atoms with Crippen molar-refractivity contribution >= 4 is 11.9 Å². The van der Waals surface area contributed by atoms with E-state index in [1.54, 1.807) is 0 Å². The van der Waals surface area contributed by atoms with Gasteiger partial charge in [0, 0.05) is 19.4 Å². The van der Waals surface area contributed by atoms with Crippen LogP contribution in [0.3, 0.4) is 0 Å². The predicted octanol–water partition coefficient (Wildman–Crippen LogP) is 14.1. The summed E-state index contributed by atoms with van der Waals surface area (Å²) in [5.74, 6) is 0.00392. The molecule has 0 rings (SSSR count). The topological polar surface area (TPSA) is 55.8 Å². The van der Waals surface area contributed by atoms with E-state index in [1.807, 2.05) is 6.92 Å². The molecule has 5 heteroatoms. The Morgan fingerprint density at radius 3 is 1.20 bits per heavy atom. The third-order valence-corrected chi connectivity index (χ3v) is 10.5. The largest absolute Gasteiger partial charge is 0.463 e. The lowest BCUT2D eigenvalue weighted by molar-refractivity contribution is -0.150. The first-order valence-corrected chi connectivity index (χ1v) is 22.6. The molecule has 0 aliphatic carbocycles. The minimum absolute atomic E-state index is 0.0137. The van der Waals surface area contributed by atoms with Crippen LogP contribution in [-0.2, 0) is 19.1 Å². The smallest absolute Gasteiger partial charge is 0.306 e. The highest BCUT2D eigenvalue weighted by Crippen LogP contribution is 2.19. The molecule has 0 aliphatic rings. The van der Waals surface area contributed by atoms with Gasteiger partial charge in [-0.25, -0.2) is 0 Å². The molecule has 0 fully saturated rings. The van der Waals surface area contributed by atoms with Gasteiger partial charge in [-0.1, -0.05) is 175 Å². The molecule has 298 valence electrons. The van der Waals surface area contributed by atoms with Gasteiger partial charge in [0.05, 0.1) is 0 Å². The summed E-state index contributed by atoms with van der Waals surface area (Å²) in [4.78, 5) is 27.5. The fraction of sp³-hybridized carbons (Fsp3) is 0.956. The van der Waals surface area contributed by atoms with E-state index in [0.717, 1.165) is 64.6 Å². The van der Waals surface area contributed by atoms with E-state index in [2.05, 4.69) is 32.6 Å². The summed E-state index contributed by atoms with van der Waals surface area (Å²) in [6.45, 7) is 14.2. The van der Waals surface area contributed by atoms with E-state index in [4.69, 9.17) is 9.47 Å². The fourth-order valence-electron chi connectivity index (χ4n) is 7.01. The number of carbonyl (C=O) groups is 2. The van der Waals surface area contributed by atoms with Crippen molar-refractivity contribution in [3.8, 4) is 0 Å². The Labute approximate surface area is 313 Å². The Balaban J connectivity index is 3.98. The summed E-state index contributed by atoms with van der Waals surface area (Å²) in [7, 11) is 0. The molecule has 0 aromatic heterocycles. The number of ether oxygens (including phenoxy) is 2. The van der Waals surface area contributed by atoms with E-state index in [1.165, 1.54) is 154 Å². The van der Waals surface area contributed by atoms with Crippen molar-refractivity contribution in [3.63, 3.8) is 0 Å². The number of unbranched alkanes of at least 4 members (excludes halogenated alkanes) is 24. The van der Waals surface area contributed by atoms with Crippen LogP contribution < -0.4 is 0 Å². The maximum atomic E-state index is 12.7. The van der Waals surface area contributed by atoms with Crippen molar-refractivity contribution < 1.29 is 19.1 Å². The predicted molar refractivity (Wildman–Crippen MR) is 217 cm³/mol. The maximum absolute atomic E-state index is 12.7. The second-order valence-corrected chi connectivity index (χ2v) is 15.6. The highest BCUT2D eigenvalue weighted by molar-refractivity contribution is 5.69. The first kappa shape index (κ1) is 48.9. The van der Waals surface area contributed by atoms with Gasteiger partial charge in [-0.15, -0.1) is 0 Å². The Morgan fingerprint density at radius 1 is 0.420 bits per heavy atom. The number of carbonyl (C=O) groups excluding carboxylic acids is 2. The number of esters is 2. The van der Waals surface area contributed by atoms with Crippen LogP contribution in [0.4, 0.5) is 0 Å². The van der Waals surface area contributed by atoms with Crippen molar-refractivity contribution in [1.82, 2.24) is 4.90 Å². The molecule has 50 heavy (non-hydrogen) atoms. The second-order valence-electron chi connectivity index (χ2n) is 15.6. The van der Waals surface area contributed by atoms with E-state index in [9.17, 15) is 9.59 Å². The van der Waals surface area contributed by atoms with Crippen LogP contribution >= 0.6 is 0 Å². The summed E-state index contributed by atoms with van der Waals surface area (Å²) >= 11 is 0. The molecular weight excluding hydrogens is 618 g/mol. The number of nitrogens with zero attached hydrogens (tertiary/aromatic N) is 1. The van der Waals surface area contributed by atoms with Gasteiger partial charge in [-0.05, 0) is 71.4 Å². The van der Waals surface area contributed by atoms with Gasteiger partial charge in [-0.3, -0.25) is 9.59 Å². The van der Waals surface area contributed by atoms with E-state index >= 15 is 0 Å². The number of hydrogen-bond donors (Lipinski definition) is 0. The average Bonchev–Trinajstić information content (AvgIpc) is 3.10. The summed E-state index contributed by atoms with van der Waals surface area (Å²) in [5, 5.41) is 0. The van der Waals surface area contributed by atoms with Crippen LogP contribution in [0, 0.1) is 0 Å². The van der Waals surface area contributed by atoms with Gasteiger partial charge in [-0.2, -0.15) is 0 Å². The summed E-state index contributed by atoms with van der Waals surface area (Å²) in [5.41, 5.74) is 0. The van der Waals surface area contributed by atoms with Crippen LogP contribution in [0.15, 0.2) is 0 Å². The van der Waals surface area contributed by atoms with Crippen molar-refractivity contribution in [2.45, 2.75) is 259 Å². The molecule has 0 aromatic rings. The van der Waals surface area contributed by atoms with Crippen LogP contribution in [0.5, 0.6) is 0 Å². The van der Waals surface area contributed by atoms with Crippen molar-refractivity contribution in [2.75, 3.05) is 19.6 Å². The standard InChI is InChI=1S/C45H89NO4/c1-6-10-13-16-19-20-21-22-23-27-32-37-44(47)49-42(5)39-41-46(9-4)40-34-29-24-28-33-38-45(48)50-43(35-30-25-17-14-11-7-2)36-31-26-18-15-12-8-3/h42-43H,6-41H2,1-5H3. The molecule has 0 aromatic carbocycles. The average molecular weight is 708 g/mol. The maximum Gasteiger partial charge on any atom is 0.306 e. The number of rotatable bonds is 40. The first-order chi connectivity index (χ1) is 24.5. The van der Waals surface area contributed by atoms with Crippen LogP contribution in [0.1, 0.15) is 247 Å². The molecule has 0 N–H and O–H groups in total. The Kier molecular flexibility index (Phi) is 38.3. The normalized spacial score (nSPS) is 12.2. The zero-order valence-electron chi connectivity index (χ0n) is 34.7. The molecular formula is C45H89NO4. The zero-order valence-corrected chi connectivity index (χ0v) is 34.7. The Hall–Kier alpha value is -1.10. The van der Waals surface area contributed by atoms with Gasteiger partial charge < -0.3 is 14.4 Å². The molecule has 0 radical (unpaired) electrons. The second kappa shape index (κ2) is 39.1. The lowest BCUT2D eigenvalue weighted by Gasteiger charge is -2.22. The Bertz CT molecular complexity index is 697. The fourth-order valence-corrected chi connectivity index (χ4v) is 7.01. The SMILES string of the molecule is CCCCCCCCCCCCCC(=O)OC(C)CCN(CC)CCCCCCCC(=O)OC(CCCCCCCC)CCCCCCCC. The molecule has 0 bridgehead atoms. The minimum atomic E-state index is -0.0218. The lowest BCUT2D eigenvalue weighted by atomic mass is 10.0. The van der Waals surface area contributed by atoms with Crippen LogP contribution in [-0.4, -0.2) is 48.7 Å². The van der Waals surface area contributed by atoms with Crippen molar-refractivity contribution in [2.24, 2.45) is 0 Å². The molecule has 0 aliphatic heterocycles. The first-order valence-electron chi connectivity index (χ1n) is 22.6. The summed E-state index contributed by atoms with van der Waals surface area (Å²) in [6.07, 6.45) is 39.6. The molecule has 0 heterocycles. The lowest BCUT2D eigenvalue weighted by Crippen LogP contribution is -2.29. The van der Waals surface area contributed by atoms with Crippen LogP contribution in [0.25, 0.3) is 0 Å². The van der Waals surface area contributed by atoms with E-state index in [-0.39, 0.29) is 24.1 Å². The van der Waals surface area contributed by atoms with Gasteiger partial charge >= 0.3 is 11.9 Å². The highest BCUT2D eigenvalue weighted by Gasteiger charge is 2.15. The molecule has 0 saturated carbocycles. The van der Waals surface area contributed by atoms with Gasteiger partial charge in [0.2, 0.25) is 0 Å². The molecule has 0 saturated heterocycles. The molecule has 0 amide bonds. The van der Waals surface area contributed by atoms with Crippen molar-refractivity contribution in [3.05, 3.63) is 0 Å². The number of hydrogen-bond acceptors (Lipinski definition) is 5. The Morgan fingerprint density at radius 2 is 0.780 bits per heavy atom. The van der Waals surface area contributed by atoms with E-state index in [0.29, 0.717) is 12.8 Å². The highest BCUT2D eigenvalue weighted by atomic mass is 16.5. The third-order valence-electron chi connectivity index (χ3n) is 10.5. The molecule has 1 unspecified atom stereocenters. The van der Waals surface area contributed by atoms with Crippen LogP contribution in [0.2, 0.25) is 0 Å². The summed E-state index contributed by atoms with van der Waals surface area (Å²) < 4.78 is 11.7. The van der Waals surface area contributed by atoms with Gasteiger partial charge in [0.15, 0.2) is 0 Å². The minimum Gasteiger partial charge on any atom is -0.463 e. The summed E-state index contributed by atoms with van der Waals surface area (Å²) in [6, 6.07) is 0. The molecule has 1 atom stereocenters. The molecule has 0 spiro atoms. The molecule has 5 nitrogen and oxygen atoms in total. The third kappa shape index (κ3) is 35.3. The van der Waals surface area contributed by atoms with Gasteiger partial charge in [0.1, 0.15) is 12.2 Å². The zero-order chi connectivity index (χ0) is 36.8. The quantitative estimate of drug-likeness (QED) is 0.0469. The van der Waals surface area contributed by atoms with Crippen molar-refractivity contribution in [1.29, 1.82) is 0 Å². The van der Waals surface area contributed by atoms with Gasteiger partial charge in [0.25, 0.3) is 0 Å². The van der Waals surface area contributed by atoms with E-state index < -0.39 is 0 Å². The monoisotopic (exact) mass is 708 g/mol.